The van der Waals surface area contributed by atoms with Crippen LogP contribution < -0.4 is 4.90 Å². The van der Waals surface area contributed by atoms with E-state index in [1.807, 2.05) is 66.4 Å². The highest BCUT2D eigenvalue weighted by molar-refractivity contribution is 6.30. The molecule has 2 aliphatic rings. The first-order chi connectivity index (χ1) is 13.5. The standard InChI is InChI=1S/C24H22ClNO2/c1-15(16(2)27)17-8-12-21(13-9-17)26-14-19-4-3-5-22(23(19)24(26)28)18-6-10-20(25)11-7-18/h3-13,15,22-23H,14H2,1-2H3. The quantitative estimate of drug-likeness (QED) is 0.711. The van der Waals surface area contributed by atoms with Crippen LogP contribution in [0.25, 0.3) is 0 Å². The van der Waals surface area contributed by atoms with E-state index in [4.69, 9.17) is 11.6 Å². The molecule has 0 aromatic heterocycles. The maximum atomic E-state index is 13.3. The van der Waals surface area contributed by atoms with Crippen LogP contribution in [0.1, 0.15) is 36.8 Å². The van der Waals surface area contributed by atoms with Crippen molar-refractivity contribution in [3.63, 3.8) is 0 Å². The van der Waals surface area contributed by atoms with E-state index in [1.54, 1.807) is 6.92 Å². The van der Waals surface area contributed by atoms with Crippen molar-refractivity contribution < 1.29 is 9.59 Å². The number of nitrogens with zero attached hydrogens (tertiary/aromatic N) is 1. The van der Waals surface area contributed by atoms with Crippen LogP contribution in [0, 0.1) is 5.92 Å². The maximum Gasteiger partial charge on any atom is 0.235 e. The Morgan fingerprint density at radius 2 is 1.79 bits per heavy atom. The number of hydrogen-bond donors (Lipinski definition) is 0. The van der Waals surface area contributed by atoms with Crippen molar-refractivity contribution in [2.24, 2.45) is 5.92 Å². The molecule has 3 unspecified atom stereocenters. The molecule has 3 atom stereocenters. The highest BCUT2D eigenvalue weighted by Crippen LogP contribution is 2.42. The van der Waals surface area contributed by atoms with Gasteiger partial charge in [-0.3, -0.25) is 9.59 Å². The van der Waals surface area contributed by atoms with Gasteiger partial charge in [0.2, 0.25) is 5.91 Å². The largest absolute Gasteiger partial charge is 0.308 e. The molecule has 3 nitrogen and oxygen atoms in total. The third kappa shape index (κ3) is 3.31. The lowest BCUT2D eigenvalue weighted by Gasteiger charge is -2.23. The Morgan fingerprint density at radius 1 is 1.11 bits per heavy atom. The number of hydrogen-bond acceptors (Lipinski definition) is 2. The number of allylic oxidation sites excluding steroid dienone is 3. The highest BCUT2D eigenvalue weighted by Gasteiger charge is 2.42. The van der Waals surface area contributed by atoms with Gasteiger partial charge in [-0.05, 0) is 47.9 Å². The fourth-order valence-electron chi connectivity index (χ4n) is 4.02. The van der Waals surface area contributed by atoms with E-state index >= 15 is 0 Å². The van der Waals surface area contributed by atoms with Crippen molar-refractivity contribution in [1.29, 1.82) is 0 Å². The number of carbonyl (C=O) groups excluding carboxylic acids is 2. The molecule has 1 heterocycles. The molecular weight excluding hydrogens is 370 g/mol. The number of halogens is 1. The van der Waals surface area contributed by atoms with Crippen molar-refractivity contribution in [1.82, 2.24) is 0 Å². The second kappa shape index (κ2) is 7.40. The van der Waals surface area contributed by atoms with Gasteiger partial charge in [-0.25, -0.2) is 0 Å². The predicted octanol–water partition coefficient (Wildman–Crippen LogP) is 5.28. The number of carbonyl (C=O) groups is 2. The molecule has 1 aliphatic heterocycles. The second-order valence-corrected chi connectivity index (χ2v) is 7.97. The molecular formula is C24H22ClNO2. The van der Waals surface area contributed by atoms with Gasteiger partial charge in [0.25, 0.3) is 0 Å². The molecule has 4 heteroatoms. The van der Waals surface area contributed by atoms with E-state index in [9.17, 15) is 9.59 Å². The van der Waals surface area contributed by atoms with Crippen LogP contribution in [-0.2, 0) is 9.59 Å². The minimum Gasteiger partial charge on any atom is -0.308 e. The Bertz CT molecular complexity index is 973. The SMILES string of the molecule is CC(=O)C(C)c1ccc(N2CC3=CC=CC(c4ccc(Cl)cc4)C3C2=O)cc1. The zero-order chi connectivity index (χ0) is 19.8. The van der Waals surface area contributed by atoms with Gasteiger partial charge in [0.05, 0.1) is 5.92 Å². The number of fused-ring (bicyclic) bond motifs is 1. The van der Waals surface area contributed by atoms with Gasteiger partial charge in [-0.1, -0.05) is 61.0 Å². The average molecular weight is 392 g/mol. The van der Waals surface area contributed by atoms with Crippen LogP contribution >= 0.6 is 11.6 Å². The number of benzene rings is 2. The van der Waals surface area contributed by atoms with Crippen molar-refractivity contribution >= 4 is 29.0 Å². The summed E-state index contributed by atoms with van der Waals surface area (Å²) in [5, 5.41) is 0.693. The first-order valence-electron chi connectivity index (χ1n) is 9.50. The molecule has 1 aliphatic carbocycles. The van der Waals surface area contributed by atoms with E-state index < -0.39 is 0 Å². The Hall–Kier alpha value is -2.65. The molecule has 0 bridgehead atoms. The molecule has 1 saturated heterocycles. The minimum absolute atomic E-state index is 0.0202. The van der Waals surface area contributed by atoms with Crippen molar-refractivity contribution in [2.45, 2.75) is 25.7 Å². The topological polar surface area (TPSA) is 37.4 Å². The van der Waals surface area contributed by atoms with Crippen molar-refractivity contribution in [2.75, 3.05) is 11.4 Å². The fourth-order valence-corrected chi connectivity index (χ4v) is 4.15. The second-order valence-electron chi connectivity index (χ2n) is 7.53. The van der Waals surface area contributed by atoms with E-state index in [2.05, 4.69) is 12.2 Å². The Labute approximate surface area is 170 Å². The lowest BCUT2D eigenvalue weighted by molar-refractivity contribution is -0.120. The summed E-state index contributed by atoms with van der Waals surface area (Å²) in [6.07, 6.45) is 6.19. The molecule has 0 spiro atoms. The normalized spacial score (nSPS) is 22.0. The number of anilines is 1. The lowest BCUT2D eigenvalue weighted by Crippen LogP contribution is -2.29. The number of rotatable bonds is 4. The van der Waals surface area contributed by atoms with Crippen LogP contribution in [0.3, 0.4) is 0 Å². The lowest BCUT2D eigenvalue weighted by atomic mass is 9.79. The summed E-state index contributed by atoms with van der Waals surface area (Å²) in [5.74, 6) is -0.0400. The molecule has 0 radical (unpaired) electrons. The van der Waals surface area contributed by atoms with Gasteiger partial charge in [0.15, 0.2) is 0 Å². The Kier molecular flexibility index (Phi) is 4.94. The predicted molar refractivity (Wildman–Crippen MR) is 113 cm³/mol. The van der Waals surface area contributed by atoms with Gasteiger partial charge in [-0.2, -0.15) is 0 Å². The van der Waals surface area contributed by atoms with Crippen LogP contribution in [-0.4, -0.2) is 18.2 Å². The molecule has 0 N–H and O–H groups in total. The maximum absolute atomic E-state index is 13.3. The smallest absolute Gasteiger partial charge is 0.235 e. The molecule has 2 aromatic rings. The summed E-state index contributed by atoms with van der Waals surface area (Å²) in [4.78, 5) is 26.7. The molecule has 1 amide bonds. The molecule has 4 rings (SSSR count). The summed E-state index contributed by atoms with van der Waals surface area (Å²) in [7, 11) is 0. The average Bonchev–Trinajstić information content (AvgIpc) is 3.05. The van der Waals surface area contributed by atoms with Gasteiger partial charge in [-0.15, -0.1) is 0 Å². The zero-order valence-corrected chi connectivity index (χ0v) is 16.7. The number of amides is 1. The zero-order valence-electron chi connectivity index (χ0n) is 15.9. The highest BCUT2D eigenvalue weighted by atomic mass is 35.5. The van der Waals surface area contributed by atoms with Crippen molar-refractivity contribution in [3.05, 3.63) is 88.5 Å². The van der Waals surface area contributed by atoms with E-state index in [1.165, 1.54) is 0 Å². The van der Waals surface area contributed by atoms with E-state index in [0.717, 1.165) is 22.4 Å². The Balaban J connectivity index is 1.60. The summed E-state index contributed by atoms with van der Waals surface area (Å²) >= 11 is 6.02. The number of ketones is 1. The van der Waals surface area contributed by atoms with Crippen LogP contribution in [0.15, 0.2) is 72.3 Å². The number of Topliss-reactive ketones (excluding diaryl/α,β-unsaturated/α-hetero) is 1. The van der Waals surface area contributed by atoms with Gasteiger partial charge >= 0.3 is 0 Å². The van der Waals surface area contributed by atoms with Crippen LogP contribution in [0.5, 0.6) is 0 Å². The third-order valence-electron chi connectivity index (χ3n) is 5.83. The van der Waals surface area contributed by atoms with Crippen LogP contribution in [0.4, 0.5) is 5.69 Å². The van der Waals surface area contributed by atoms with E-state index in [-0.39, 0.29) is 29.4 Å². The van der Waals surface area contributed by atoms with E-state index in [0.29, 0.717) is 11.6 Å². The van der Waals surface area contributed by atoms with Gasteiger partial charge in [0.1, 0.15) is 5.78 Å². The molecule has 1 fully saturated rings. The van der Waals surface area contributed by atoms with Gasteiger partial charge in [0, 0.05) is 29.1 Å². The van der Waals surface area contributed by atoms with Gasteiger partial charge < -0.3 is 4.90 Å². The first kappa shape index (κ1) is 18.7. The molecule has 0 saturated carbocycles. The van der Waals surface area contributed by atoms with Crippen LogP contribution in [0.2, 0.25) is 5.02 Å². The molecule has 2 aromatic carbocycles. The monoisotopic (exact) mass is 391 g/mol. The third-order valence-corrected chi connectivity index (χ3v) is 6.08. The molecule has 142 valence electrons. The summed E-state index contributed by atoms with van der Waals surface area (Å²) in [5.41, 5.74) is 4.07. The summed E-state index contributed by atoms with van der Waals surface area (Å²) in [6, 6.07) is 15.5. The minimum atomic E-state index is -0.179. The summed E-state index contributed by atoms with van der Waals surface area (Å²) in [6.45, 7) is 4.10. The fraction of sp³-hybridized carbons (Fsp3) is 0.250. The first-order valence-corrected chi connectivity index (χ1v) is 9.88. The Morgan fingerprint density at radius 3 is 2.43 bits per heavy atom. The molecule has 28 heavy (non-hydrogen) atoms. The summed E-state index contributed by atoms with van der Waals surface area (Å²) < 4.78 is 0. The van der Waals surface area contributed by atoms with Crippen molar-refractivity contribution in [3.8, 4) is 0 Å².